The number of benzene rings is 2. The van der Waals surface area contributed by atoms with Crippen LogP contribution in [0.4, 0.5) is 14.5 Å². The first kappa shape index (κ1) is 15.4. The molecule has 0 aliphatic carbocycles. The van der Waals surface area contributed by atoms with Gasteiger partial charge in [0, 0.05) is 24.9 Å². The molecule has 2 rings (SSSR count). The molecule has 0 aliphatic heterocycles. The molecule has 0 saturated heterocycles. The van der Waals surface area contributed by atoms with Gasteiger partial charge in [-0.15, -0.1) is 0 Å². The molecule has 1 unspecified atom stereocenters. The van der Waals surface area contributed by atoms with E-state index in [0.29, 0.717) is 12.2 Å². The Labute approximate surface area is 123 Å². The first-order valence-electron chi connectivity index (χ1n) is 6.89. The predicted molar refractivity (Wildman–Crippen MR) is 80.4 cm³/mol. The lowest BCUT2D eigenvalue weighted by Gasteiger charge is -2.18. The molecule has 2 aromatic carbocycles. The second kappa shape index (κ2) is 7.18. The van der Waals surface area contributed by atoms with Gasteiger partial charge in [0.1, 0.15) is 11.6 Å². The van der Waals surface area contributed by atoms with E-state index in [1.54, 1.807) is 7.11 Å². The lowest BCUT2D eigenvalue weighted by atomic mass is 10.1. The first-order valence-corrected chi connectivity index (χ1v) is 6.89. The summed E-state index contributed by atoms with van der Waals surface area (Å²) in [5.74, 6) is -1.13. The molecule has 0 radical (unpaired) electrons. The summed E-state index contributed by atoms with van der Waals surface area (Å²) >= 11 is 0. The van der Waals surface area contributed by atoms with Gasteiger partial charge in [-0.3, -0.25) is 0 Å². The molecular weight excluding hydrogens is 272 g/mol. The minimum Gasteiger partial charge on any atom is -0.384 e. The van der Waals surface area contributed by atoms with Gasteiger partial charge < -0.3 is 10.1 Å². The summed E-state index contributed by atoms with van der Waals surface area (Å²) < 4.78 is 31.7. The zero-order valence-corrected chi connectivity index (χ0v) is 12.2. The highest BCUT2D eigenvalue weighted by Gasteiger charge is 2.10. The Hall–Kier alpha value is -1.94. The Kier molecular flexibility index (Phi) is 5.28. The van der Waals surface area contributed by atoms with Crippen molar-refractivity contribution in [2.24, 2.45) is 0 Å². The number of hydrogen-bond donors (Lipinski definition) is 1. The molecule has 0 bridgehead atoms. The van der Waals surface area contributed by atoms with Crippen molar-refractivity contribution in [2.45, 2.75) is 19.4 Å². The number of ether oxygens (including phenoxy) is 1. The van der Waals surface area contributed by atoms with Crippen LogP contribution >= 0.6 is 0 Å². The fourth-order valence-electron chi connectivity index (χ4n) is 2.23. The van der Waals surface area contributed by atoms with Gasteiger partial charge in [-0.05, 0) is 42.7 Å². The number of methoxy groups -OCH3 is 1. The van der Waals surface area contributed by atoms with Gasteiger partial charge in [0.25, 0.3) is 0 Å². The largest absolute Gasteiger partial charge is 0.384 e. The molecule has 0 fully saturated rings. The normalized spacial score (nSPS) is 12.2. The molecule has 1 N–H and O–H groups in total. The quantitative estimate of drug-likeness (QED) is 0.855. The molecule has 21 heavy (non-hydrogen) atoms. The number of anilines is 1. The SMILES string of the molecule is COCCc1ccccc1NC(C)c1cc(F)cc(F)c1. The molecule has 4 heteroatoms. The zero-order chi connectivity index (χ0) is 15.2. The van der Waals surface area contributed by atoms with Crippen LogP contribution in [0.5, 0.6) is 0 Å². The van der Waals surface area contributed by atoms with Gasteiger partial charge in [0.2, 0.25) is 0 Å². The van der Waals surface area contributed by atoms with Crippen LogP contribution in [0.3, 0.4) is 0 Å². The maximum Gasteiger partial charge on any atom is 0.126 e. The van der Waals surface area contributed by atoms with Crippen LogP contribution in [0.15, 0.2) is 42.5 Å². The van der Waals surface area contributed by atoms with Crippen molar-refractivity contribution in [3.05, 3.63) is 65.2 Å². The molecule has 0 amide bonds. The Bertz CT molecular complexity index is 581. The van der Waals surface area contributed by atoms with E-state index in [4.69, 9.17) is 4.74 Å². The van der Waals surface area contributed by atoms with Crippen LogP contribution in [0.25, 0.3) is 0 Å². The Morgan fingerprint density at radius 2 is 1.76 bits per heavy atom. The number of para-hydroxylation sites is 1. The van der Waals surface area contributed by atoms with Crippen molar-refractivity contribution >= 4 is 5.69 Å². The molecule has 0 heterocycles. The maximum absolute atomic E-state index is 13.3. The molecule has 0 aromatic heterocycles. The van der Waals surface area contributed by atoms with Crippen molar-refractivity contribution in [1.29, 1.82) is 0 Å². The summed E-state index contributed by atoms with van der Waals surface area (Å²) in [5.41, 5.74) is 2.64. The molecule has 1 atom stereocenters. The van der Waals surface area contributed by atoms with Crippen molar-refractivity contribution in [3.8, 4) is 0 Å². The number of rotatable bonds is 6. The predicted octanol–water partition coefficient (Wildman–Crippen LogP) is 4.33. The summed E-state index contributed by atoms with van der Waals surface area (Å²) in [4.78, 5) is 0. The standard InChI is InChI=1S/C17H19F2NO/c1-12(14-9-15(18)11-16(19)10-14)20-17-6-4-3-5-13(17)7-8-21-2/h3-6,9-12,20H,7-8H2,1-2H3. The van der Waals surface area contributed by atoms with E-state index in [9.17, 15) is 8.78 Å². The van der Waals surface area contributed by atoms with Crippen LogP contribution in [0, 0.1) is 11.6 Å². The molecule has 2 nitrogen and oxygen atoms in total. The minimum absolute atomic E-state index is 0.195. The van der Waals surface area contributed by atoms with E-state index >= 15 is 0 Å². The number of nitrogens with one attached hydrogen (secondary N) is 1. The fraction of sp³-hybridized carbons (Fsp3) is 0.294. The molecular formula is C17H19F2NO. The lowest BCUT2D eigenvalue weighted by molar-refractivity contribution is 0.202. The van der Waals surface area contributed by atoms with E-state index in [2.05, 4.69) is 5.32 Å². The number of halogens is 2. The molecule has 2 aromatic rings. The van der Waals surface area contributed by atoms with Crippen LogP contribution < -0.4 is 5.32 Å². The van der Waals surface area contributed by atoms with Crippen LogP contribution in [0.2, 0.25) is 0 Å². The monoisotopic (exact) mass is 291 g/mol. The topological polar surface area (TPSA) is 21.3 Å². The van der Waals surface area contributed by atoms with E-state index in [0.717, 1.165) is 23.7 Å². The average molecular weight is 291 g/mol. The van der Waals surface area contributed by atoms with E-state index in [-0.39, 0.29) is 6.04 Å². The van der Waals surface area contributed by atoms with Gasteiger partial charge >= 0.3 is 0 Å². The van der Waals surface area contributed by atoms with Gasteiger partial charge in [0.05, 0.1) is 6.61 Å². The Morgan fingerprint density at radius 3 is 2.43 bits per heavy atom. The third kappa shape index (κ3) is 4.26. The summed E-state index contributed by atoms with van der Waals surface area (Å²) in [5, 5.41) is 3.30. The van der Waals surface area contributed by atoms with Crippen molar-refractivity contribution in [3.63, 3.8) is 0 Å². The molecule has 0 aliphatic rings. The first-order chi connectivity index (χ1) is 10.1. The van der Waals surface area contributed by atoms with Gasteiger partial charge in [-0.25, -0.2) is 8.78 Å². The van der Waals surface area contributed by atoms with E-state index < -0.39 is 11.6 Å². The highest BCUT2D eigenvalue weighted by molar-refractivity contribution is 5.52. The lowest BCUT2D eigenvalue weighted by Crippen LogP contribution is -2.10. The number of hydrogen-bond acceptors (Lipinski definition) is 2. The second-order valence-electron chi connectivity index (χ2n) is 4.97. The Balaban J connectivity index is 2.17. The minimum atomic E-state index is -0.564. The summed E-state index contributed by atoms with van der Waals surface area (Å²) in [7, 11) is 1.66. The van der Waals surface area contributed by atoms with Crippen LogP contribution in [-0.4, -0.2) is 13.7 Å². The third-order valence-corrected chi connectivity index (χ3v) is 3.35. The van der Waals surface area contributed by atoms with Crippen LogP contribution in [-0.2, 0) is 11.2 Å². The molecule has 0 saturated carbocycles. The van der Waals surface area contributed by atoms with Crippen molar-refractivity contribution < 1.29 is 13.5 Å². The molecule has 0 spiro atoms. The van der Waals surface area contributed by atoms with Gasteiger partial charge in [-0.2, -0.15) is 0 Å². The third-order valence-electron chi connectivity index (χ3n) is 3.35. The highest BCUT2D eigenvalue weighted by atomic mass is 19.1. The summed E-state index contributed by atoms with van der Waals surface area (Å²) in [6, 6.07) is 11.2. The fourth-order valence-corrected chi connectivity index (χ4v) is 2.23. The average Bonchev–Trinajstić information content (AvgIpc) is 2.45. The van der Waals surface area contributed by atoms with E-state index in [1.165, 1.54) is 12.1 Å². The van der Waals surface area contributed by atoms with Gasteiger partial charge in [-0.1, -0.05) is 18.2 Å². The Morgan fingerprint density at radius 1 is 1.10 bits per heavy atom. The van der Waals surface area contributed by atoms with Crippen molar-refractivity contribution in [2.75, 3.05) is 19.0 Å². The zero-order valence-electron chi connectivity index (χ0n) is 12.2. The summed E-state index contributed by atoms with van der Waals surface area (Å²) in [6.07, 6.45) is 0.782. The highest BCUT2D eigenvalue weighted by Crippen LogP contribution is 2.24. The second-order valence-corrected chi connectivity index (χ2v) is 4.97. The van der Waals surface area contributed by atoms with Crippen molar-refractivity contribution in [1.82, 2.24) is 0 Å². The summed E-state index contributed by atoms with van der Waals surface area (Å²) in [6.45, 7) is 2.50. The van der Waals surface area contributed by atoms with E-state index in [1.807, 2.05) is 31.2 Å². The van der Waals surface area contributed by atoms with Crippen LogP contribution in [0.1, 0.15) is 24.1 Å². The molecule has 112 valence electrons. The smallest absolute Gasteiger partial charge is 0.126 e. The van der Waals surface area contributed by atoms with Gasteiger partial charge in [0.15, 0.2) is 0 Å². The maximum atomic E-state index is 13.3.